The van der Waals surface area contributed by atoms with Gasteiger partial charge in [0.05, 0.1) is 24.2 Å². The van der Waals surface area contributed by atoms with Gasteiger partial charge in [-0.1, -0.05) is 23.5 Å². The molecule has 0 aliphatic rings. The maximum absolute atomic E-state index is 12.7. The van der Waals surface area contributed by atoms with Crippen LogP contribution in [0.15, 0.2) is 29.1 Å². The molecule has 1 aromatic carbocycles. The van der Waals surface area contributed by atoms with Crippen molar-refractivity contribution in [2.45, 2.75) is 13.0 Å². The maximum atomic E-state index is 12.7. The summed E-state index contributed by atoms with van der Waals surface area (Å²) in [5.41, 5.74) is 0.939. The number of rotatable bonds is 5. The van der Waals surface area contributed by atoms with Crippen molar-refractivity contribution in [2.24, 2.45) is 0 Å². The van der Waals surface area contributed by atoms with Crippen LogP contribution >= 0.6 is 11.3 Å². The first-order valence-electron chi connectivity index (χ1n) is 6.44. The molecule has 0 fully saturated rings. The first-order chi connectivity index (χ1) is 10.6. The van der Waals surface area contributed by atoms with E-state index in [-0.39, 0.29) is 10.8 Å². The number of methoxy groups -OCH3 is 1. The van der Waals surface area contributed by atoms with Crippen molar-refractivity contribution >= 4 is 22.4 Å². The van der Waals surface area contributed by atoms with Crippen LogP contribution in [-0.4, -0.2) is 33.0 Å². The Labute approximate surface area is 127 Å². The van der Waals surface area contributed by atoms with Crippen LogP contribution in [0.25, 0.3) is 16.2 Å². The molecule has 0 saturated carbocycles. The second-order valence-electron chi connectivity index (χ2n) is 4.47. The molecule has 0 spiro atoms. The van der Waals surface area contributed by atoms with Gasteiger partial charge in [0, 0.05) is 7.11 Å². The molecule has 0 unspecified atom stereocenters. The summed E-state index contributed by atoms with van der Waals surface area (Å²) in [6, 6.07) is 7.11. The molecule has 116 valence electrons. The van der Waals surface area contributed by atoms with E-state index in [0.717, 1.165) is 0 Å². The van der Waals surface area contributed by atoms with Crippen LogP contribution < -0.4 is 5.69 Å². The highest BCUT2D eigenvalue weighted by molar-refractivity contribution is 7.13. The van der Waals surface area contributed by atoms with Crippen molar-refractivity contribution in [3.05, 3.63) is 39.8 Å². The summed E-state index contributed by atoms with van der Waals surface area (Å²) in [4.78, 5) is 12.6. The molecule has 0 radical (unpaired) electrons. The Morgan fingerprint density at radius 3 is 2.64 bits per heavy atom. The Balaban J connectivity index is 2.20. The third kappa shape index (κ3) is 2.42. The zero-order chi connectivity index (χ0) is 15.7. The first-order valence-corrected chi connectivity index (χ1v) is 7.26. The molecule has 6 nitrogen and oxygen atoms in total. The van der Waals surface area contributed by atoms with E-state index < -0.39 is 11.4 Å². The van der Waals surface area contributed by atoms with Crippen molar-refractivity contribution in [1.82, 2.24) is 19.3 Å². The lowest BCUT2D eigenvalue weighted by atomic mass is 10.3. The van der Waals surface area contributed by atoms with E-state index in [1.807, 2.05) is 0 Å². The first kappa shape index (κ1) is 14.8. The lowest BCUT2D eigenvalue weighted by Crippen LogP contribution is -2.24. The quantitative estimate of drug-likeness (QED) is 0.721. The maximum Gasteiger partial charge on any atom is 0.335 e. The van der Waals surface area contributed by atoms with Crippen LogP contribution in [0.1, 0.15) is 11.4 Å². The monoisotopic (exact) mass is 326 g/mol. The van der Waals surface area contributed by atoms with Crippen molar-refractivity contribution in [2.75, 3.05) is 13.7 Å². The van der Waals surface area contributed by atoms with Gasteiger partial charge < -0.3 is 4.74 Å². The van der Waals surface area contributed by atoms with Crippen LogP contribution in [0.5, 0.6) is 0 Å². The molecule has 0 aliphatic carbocycles. The summed E-state index contributed by atoms with van der Waals surface area (Å²) in [6.45, 7) is 0.732. The van der Waals surface area contributed by atoms with E-state index in [1.165, 1.54) is 9.13 Å². The molecular formula is C13H12F2N4O2S. The second kappa shape index (κ2) is 5.93. The molecular weight excluding hydrogens is 314 g/mol. The molecule has 2 heterocycles. The highest BCUT2D eigenvalue weighted by Gasteiger charge is 2.20. The van der Waals surface area contributed by atoms with Gasteiger partial charge >= 0.3 is 5.69 Å². The predicted molar refractivity (Wildman–Crippen MR) is 77.8 cm³/mol. The van der Waals surface area contributed by atoms with Gasteiger partial charge in [-0.2, -0.15) is 0 Å². The fraction of sp³-hybridized carbons (Fsp3) is 0.308. The minimum absolute atomic E-state index is 0.132. The molecule has 3 rings (SSSR count). The number of aromatic nitrogens is 4. The van der Waals surface area contributed by atoms with E-state index in [0.29, 0.717) is 35.5 Å². The number of benzene rings is 1. The zero-order valence-corrected chi connectivity index (χ0v) is 12.4. The van der Waals surface area contributed by atoms with Gasteiger partial charge in [-0.15, -0.1) is 10.2 Å². The van der Waals surface area contributed by atoms with Gasteiger partial charge in [-0.25, -0.2) is 18.1 Å². The van der Waals surface area contributed by atoms with E-state index in [1.54, 1.807) is 31.4 Å². The molecule has 0 saturated heterocycles. The Morgan fingerprint density at radius 2 is 2.00 bits per heavy atom. The van der Waals surface area contributed by atoms with Gasteiger partial charge in [-0.3, -0.25) is 4.57 Å². The topological polar surface area (TPSA) is 61.9 Å². The summed E-state index contributed by atoms with van der Waals surface area (Å²) < 4.78 is 33.2. The molecule has 9 heteroatoms. The smallest absolute Gasteiger partial charge is 0.335 e. The number of hydrogen-bond acceptors (Lipinski definition) is 5. The van der Waals surface area contributed by atoms with Gasteiger partial charge in [-0.05, 0) is 12.1 Å². The van der Waals surface area contributed by atoms with Crippen molar-refractivity contribution in [1.29, 1.82) is 0 Å². The minimum atomic E-state index is -2.70. The van der Waals surface area contributed by atoms with E-state index in [2.05, 4.69) is 10.2 Å². The number of nitrogens with zero attached hydrogens (tertiary/aromatic N) is 4. The number of alkyl halides is 2. The van der Waals surface area contributed by atoms with E-state index in [4.69, 9.17) is 4.74 Å². The number of hydrogen-bond donors (Lipinski definition) is 0. The molecule has 0 N–H and O–H groups in total. The molecule has 0 bridgehead atoms. The number of para-hydroxylation sites is 2. The standard InChI is InChI=1S/C13H12F2N4O2S/c1-21-7-6-18-8-4-2-3-5-9(8)19(13(18)20)12-17-16-11(22-12)10(14)15/h2-5,10H,6-7H2,1H3. The fourth-order valence-electron chi connectivity index (χ4n) is 2.20. The highest BCUT2D eigenvalue weighted by atomic mass is 32.1. The molecule has 3 aromatic rings. The van der Waals surface area contributed by atoms with Crippen LogP contribution in [0.4, 0.5) is 8.78 Å². The fourth-order valence-corrected chi connectivity index (χ4v) is 2.90. The van der Waals surface area contributed by atoms with Gasteiger partial charge in [0.1, 0.15) is 0 Å². The lowest BCUT2D eigenvalue weighted by Gasteiger charge is -2.00. The highest BCUT2D eigenvalue weighted by Crippen LogP contribution is 2.26. The summed E-state index contributed by atoms with van der Waals surface area (Å²) in [5, 5.41) is 6.88. The summed E-state index contributed by atoms with van der Waals surface area (Å²) in [6.07, 6.45) is -2.70. The Morgan fingerprint density at radius 1 is 1.27 bits per heavy atom. The van der Waals surface area contributed by atoms with Crippen LogP contribution in [0, 0.1) is 0 Å². The average Bonchev–Trinajstić information content (AvgIpc) is 3.08. The normalized spacial score (nSPS) is 11.6. The number of ether oxygens (including phenoxy) is 1. The van der Waals surface area contributed by atoms with Crippen molar-refractivity contribution in [3.8, 4) is 5.13 Å². The van der Waals surface area contributed by atoms with Crippen LogP contribution in [-0.2, 0) is 11.3 Å². The predicted octanol–water partition coefficient (Wildman–Crippen LogP) is 2.23. The van der Waals surface area contributed by atoms with Crippen LogP contribution in [0.2, 0.25) is 0 Å². The average molecular weight is 326 g/mol. The van der Waals surface area contributed by atoms with Gasteiger partial charge in [0.15, 0.2) is 5.01 Å². The van der Waals surface area contributed by atoms with Gasteiger partial charge in [0.2, 0.25) is 5.13 Å². The SMILES string of the molecule is COCCn1c(=O)n(-c2nnc(C(F)F)s2)c2ccccc21. The zero-order valence-electron chi connectivity index (χ0n) is 11.6. The number of imidazole rings is 1. The van der Waals surface area contributed by atoms with Gasteiger partial charge in [0.25, 0.3) is 6.43 Å². The minimum Gasteiger partial charge on any atom is -0.383 e. The summed E-state index contributed by atoms with van der Waals surface area (Å²) >= 11 is 0.706. The second-order valence-corrected chi connectivity index (χ2v) is 5.46. The summed E-state index contributed by atoms with van der Waals surface area (Å²) in [5.74, 6) is 0. The van der Waals surface area contributed by atoms with E-state index in [9.17, 15) is 13.6 Å². The molecule has 0 aliphatic heterocycles. The van der Waals surface area contributed by atoms with Crippen LogP contribution in [0.3, 0.4) is 0 Å². The number of halogens is 2. The van der Waals surface area contributed by atoms with Crippen molar-refractivity contribution < 1.29 is 13.5 Å². The third-order valence-corrected chi connectivity index (χ3v) is 4.08. The van der Waals surface area contributed by atoms with Crippen molar-refractivity contribution in [3.63, 3.8) is 0 Å². The molecule has 0 amide bonds. The Bertz CT molecular complexity index is 855. The summed E-state index contributed by atoms with van der Waals surface area (Å²) in [7, 11) is 1.55. The molecule has 22 heavy (non-hydrogen) atoms. The molecule has 0 atom stereocenters. The van der Waals surface area contributed by atoms with E-state index >= 15 is 0 Å². The largest absolute Gasteiger partial charge is 0.383 e. The third-order valence-electron chi connectivity index (χ3n) is 3.16. The number of fused-ring (bicyclic) bond motifs is 1. The molecule has 2 aromatic heterocycles. The Hall–Kier alpha value is -2.13. The Kier molecular flexibility index (Phi) is 3.99. The lowest BCUT2D eigenvalue weighted by molar-refractivity contribution is 0.150.